The number of allylic oxidation sites excluding steroid dienone is 1. The van der Waals surface area contributed by atoms with Gasteiger partial charge in [-0.05, 0) is 25.1 Å². The first-order valence-electron chi connectivity index (χ1n) is 6.44. The molecule has 2 N–H and O–H groups in total. The summed E-state index contributed by atoms with van der Waals surface area (Å²) < 4.78 is 0. The second-order valence-corrected chi connectivity index (χ2v) is 6.57. The molecule has 21 heavy (non-hydrogen) atoms. The Morgan fingerprint density at radius 1 is 1.38 bits per heavy atom. The molecule has 7 heteroatoms. The Morgan fingerprint density at radius 3 is 2.67 bits per heavy atom. The molecule has 0 aromatic heterocycles. The lowest BCUT2D eigenvalue weighted by Gasteiger charge is -2.18. The summed E-state index contributed by atoms with van der Waals surface area (Å²) in [7, 11) is 0. The van der Waals surface area contributed by atoms with Crippen molar-refractivity contribution in [2.75, 3.05) is 24.3 Å². The maximum absolute atomic E-state index is 12.1. The summed E-state index contributed by atoms with van der Waals surface area (Å²) in [6.07, 6.45) is 0.637. The normalized spacial score (nSPS) is 14.8. The van der Waals surface area contributed by atoms with Crippen LogP contribution in [0.1, 0.15) is 13.3 Å². The second-order valence-electron chi connectivity index (χ2n) is 4.66. The minimum Gasteiger partial charge on any atom is -0.396 e. The van der Waals surface area contributed by atoms with Gasteiger partial charge in [-0.1, -0.05) is 23.2 Å². The zero-order chi connectivity index (χ0) is 15.4. The molecule has 0 unspecified atom stereocenters. The Hall–Kier alpha value is -0.880. The number of carbonyl (C=O) groups excluding carboxylic acids is 1. The predicted octanol–water partition coefficient (Wildman–Crippen LogP) is 3.55. The van der Waals surface area contributed by atoms with Gasteiger partial charge in [0.05, 0.1) is 12.4 Å². The zero-order valence-electron chi connectivity index (χ0n) is 11.5. The molecule has 1 aliphatic heterocycles. The van der Waals surface area contributed by atoms with E-state index in [0.29, 0.717) is 22.2 Å². The molecule has 0 spiro atoms. The van der Waals surface area contributed by atoms with Crippen molar-refractivity contribution in [3.05, 3.63) is 38.8 Å². The minimum atomic E-state index is -0.126. The fourth-order valence-corrected chi connectivity index (χ4v) is 3.75. The highest BCUT2D eigenvalue weighted by atomic mass is 35.5. The van der Waals surface area contributed by atoms with Crippen molar-refractivity contribution in [1.29, 1.82) is 0 Å². The molecule has 0 fully saturated rings. The summed E-state index contributed by atoms with van der Waals surface area (Å²) in [6.45, 7) is 2.35. The predicted molar refractivity (Wildman–Crippen MR) is 88.7 cm³/mol. The molecule has 0 radical (unpaired) electrons. The Balaban J connectivity index is 1.96. The largest absolute Gasteiger partial charge is 0.396 e. The van der Waals surface area contributed by atoms with Crippen LogP contribution in [-0.2, 0) is 4.79 Å². The number of hydrogen-bond donors (Lipinski definition) is 2. The molecule has 1 heterocycles. The lowest BCUT2D eigenvalue weighted by Crippen LogP contribution is -2.30. The summed E-state index contributed by atoms with van der Waals surface area (Å²) in [5.41, 5.74) is 1.63. The number of aliphatic hydroxyl groups is 1. The molecule has 1 aromatic rings. The van der Waals surface area contributed by atoms with Crippen molar-refractivity contribution in [2.45, 2.75) is 13.3 Å². The van der Waals surface area contributed by atoms with E-state index in [1.807, 2.05) is 11.8 Å². The van der Waals surface area contributed by atoms with Crippen LogP contribution in [0.2, 0.25) is 10.0 Å². The van der Waals surface area contributed by atoms with Crippen LogP contribution < -0.4 is 5.32 Å². The molecule has 0 saturated carbocycles. The number of amides is 1. The van der Waals surface area contributed by atoms with E-state index < -0.39 is 0 Å². The molecule has 0 atom stereocenters. The van der Waals surface area contributed by atoms with E-state index in [1.165, 1.54) is 0 Å². The van der Waals surface area contributed by atoms with Crippen molar-refractivity contribution in [1.82, 2.24) is 4.90 Å². The van der Waals surface area contributed by atoms with Crippen molar-refractivity contribution >= 4 is 46.6 Å². The van der Waals surface area contributed by atoms with Gasteiger partial charge in [-0.15, -0.1) is 11.8 Å². The molecule has 114 valence electrons. The van der Waals surface area contributed by atoms with E-state index in [2.05, 4.69) is 5.32 Å². The number of benzene rings is 1. The van der Waals surface area contributed by atoms with Gasteiger partial charge in [0.1, 0.15) is 0 Å². The van der Waals surface area contributed by atoms with Crippen molar-refractivity contribution in [2.24, 2.45) is 0 Å². The summed E-state index contributed by atoms with van der Waals surface area (Å²) in [4.78, 5) is 15.2. The second kappa shape index (κ2) is 7.40. The van der Waals surface area contributed by atoms with Crippen molar-refractivity contribution < 1.29 is 9.90 Å². The lowest BCUT2D eigenvalue weighted by atomic mass is 10.3. The van der Waals surface area contributed by atoms with E-state index in [9.17, 15) is 4.79 Å². The van der Waals surface area contributed by atoms with Gasteiger partial charge in [0.2, 0.25) is 5.91 Å². The Morgan fingerprint density at radius 2 is 2.05 bits per heavy atom. The van der Waals surface area contributed by atoms with Crippen LogP contribution in [0.5, 0.6) is 0 Å². The molecule has 0 aliphatic carbocycles. The number of nitrogens with zero attached hydrogens (tertiary/aromatic N) is 1. The van der Waals surface area contributed by atoms with E-state index in [1.54, 1.807) is 30.0 Å². The van der Waals surface area contributed by atoms with E-state index in [4.69, 9.17) is 28.3 Å². The van der Waals surface area contributed by atoms with Gasteiger partial charge in [-0.3, -0.25) is 4.79 Å². The lowest BCUT2D eigenvalue weighted by molar-refractivity contribution is -0.116. The average Bonchev–Trinajstić information content (AvgIpc) is 2.70. The smallest absolute Gasteiger partial charge is 0.243 e. The Kier molecular flexibility index (Phi) is 5.81. The zero-order valence-corrected chi connectivity index (χ0v) is 13.9. The number of aliphatic hydroxyl groups excluding tert-OH is 1. The first kappa shape index (κ1) is 16.5. The highest BCUT2D eigenvalue weighted by Crippen LogP contribution is 2.33. The molecule has 4 nitrogen and oxygen atoms in total. The minimum absolute atomic E-state index is 0.126. The Labute approximate surface area is 138 Å². The van der Waals surface area contributed by atoms with Gasteiger partial charge in [0, 0.05) is 39.4 Å². The number of halogens is 2. The summed E-state index contributed by atoms with van der Waals surface area (Å²) >= 11 is 13.5. The third-order valence-electron chi connectivity index (χ3n) is 3.09. The number of rotatable bonds is 5. The number of carbonyl (C=O) groups is 1. The summed E-state index contributed by atoms with van der Waals surface area (Å²) in [5, 5.41) is 12.7. The molecule has 0 saturated heterocycles. The highest BCUT2D eigenvalue weighted by molar-refractivity contribution is 8.03. The standard InChI is InChI=1S/C14H16Cl2N2O2S/c1-9-13(2-3-19)21-8-18(9)7-14(20)17-12-5-10(15)4-11(16)6-12/h4-6,19H,2-3,7-8H2,1H3,(H,17,20). The molecular weight excluding hydrogens is 331 g/mol. The third-order valence-corrected chi connectivity index (χ3v) is 4.82. The fraction of sp³-hybridized carbons (Fsp3) is 0.357. The summed E-state index contributed by atoms with van der Waals surface area (Å²) in [5.74, 6) is 0.601. The van der Waals surface area contributed by atoms with Crippen LogP contribution in [0.3, 0.4) is 0 Å². The van der Waals surface area contributed by atoms with Gasteiger partial charge in [0.15, 0.2) is 0 Å². The van der Waals surface area contributed by atoms with E-state index in [0.717, 1.165) is 16.5 Å². The number of hydrogen-bond acceptors (Lipinski definition) is 4. The van der Waals surface area contributed by atoms with Crippen molar-refractivity contribution in [3.63, 3.8) is 0 Å². The quantitative estimate of drug-likeness (QED) is 0.855. The highest BCUT2D eigenvalue weighted by Gasteiger charge is 2.21. The maximum Gasteiger partial charge on any atom is 0.243 e. The Bertz CT molecular complexity index is 558. The van der Waals surface area contributed by atoms with Gasteiger partial charge >= 0.3 is 0 Å². The topological polar surface area (TPSA) is 52.6 Å². The fourth-order valence-electron chi connectivity index (χ4n) is 2.05. The first-order valence-corrected chi connectivity index (χ1v) is 8.18. The molecule has 1 aromatic carbocycles. The van der Waals surface area contributed by atoms with E-state index in [-0.39, 0.29) is 19.1 Å². The van der Waals surface area contributed by atoms with Crippen LogP contribution in [0, 0.1) is 0 Å². The number of nitrogens with one attached hydrogen (secondary N) is 1. The molecule has 0 bridgehead atoms. The van der Waals surface area contributed by atoms with Gasteiger partial charge in [-0.2, -0.15) is 0 Å². The molecule has 1 amide bonds. The molecule has 2 rings (SSSR count). The first-order chi connectivity index (χ1) is 9.99. The van der Waals surface area contributed by atoms with Gasteiger partial charge in [-0.25, -0.2) is 0 Å². The van der Waals surface area contributed by atoms with E-state index >= 15 is 0 Å². The third kappa shape index (κ3) is 4.54. The van der Waals surface area contributed by atoms with Crippen molar-refractivity contribution in [3.8, 4) is 0 Å². The van der Waals surface area contributed by atoms with Gasteiger partial charge < -0.3 is 15.3 Å². The SMILES string of the molecule is CC1=C(CCO)SCN1CC(=O)Nc1cc(Cl)cc(Cl)c1. The molecule has 1 aliphatic rings. The van der Waals surface area contributed by atoms with Gasteiger partial charge in [0.25, 0.3) is 0 Å². The number of thioether (sulfide) groups is 1. The monoisotopic (exact) mass is 346 g/mol. The van der Waals surface area contributed by atoms with Crippen LogP contribution in [0.25, 0.3) is 0 Å². The maximum atomic E-state index is 12.1. The summed E-state index contributed by atoms with van der Waals surface area (Å²) in [6, 6.07) is 4.93. The molecular formula is C14H16Cl2N2O2S. The van der Waals surface area contributed by atoms with Crippen LogP contribution in [-0.4, -0.2) is 34.9 Å². The average molecular weight is 347 g/mol. The van der Waals surface area contributed by atoms with Crippen LogP contribution in [0.15, 0.2) is 28.8 Å². The number of anilines is 1. The van der Waals surface area contributed by atoms with Crippen LogP contribution >= 0.6 is 35.0 Å². The van der Waals surface area contributed by atoms with Crippen LogP contribution in [0.4, 0.5) is 5.69 Å².